The number of ether oxygens (including phenoxy) is 1. The van der Waals surface area contributed by atoms with E-state index >= 15 is 0 Å². The lowest BCUT2D eigenvalue weighted by Gasteiger charge is -2.09. The second-order valence-electron chi connectivity index (χ2n) is 5.24. The Morgan fingerprint density at radius 3 is 2.48 bits per heavy atom. The molecule has 27 heavy (non-hydrogen) atoms. The Balaban J connectivity index is 1.81. The zero-order valence-corrected chi connectivity index (χ0v) is 14.4. The third-order valence-corrected chi connectivity index (χ3v) is 3.69. The number of hydrogen-bond acceptors (Lipinski definition) is 7. The van der Waals surface area contributed by atoms with Gasteiger partial charge in [0, 0.05) is 18.5 Å². The first-order chi connectivity index (χ1) is 12.7. The molecule has 9 nitrogen and oxygen atoms in total. The van der Waals surface area contributed by atoms with Crippen molar-refractivity contribution >= 4 is 15.9 Å². The number of nitrogens with one attached hydrogen (secondary N) is 1. The lowest BCUT2D eigenvalue weighted by atomic mass is 10.2. The maximum Gasteiger partial charge on any atom is 0.322 e. The minimum absolute atomic E-state index is 0.266. The van der Waals surface area contributed by atoms with Crippen LogP contribution in [0.25, 0.3) is 5.69 Å². The number of benzene rings is 1. The van der Waals surface area contributed by atoms with Crippen LogP contribution in [0.2, 0.25) is 0 Å². The first-order valence-electron chi connectivity index (χ1n) is 7.24. The average Bonchev–Trinajstić information content (AvgIpc) is 3.11. The highest BCUT2D eigenvalue weighted by atomic mass is 32.2. The summed E-state index contributed by atoms with van der Waals surface area (Å²) in [4.78, 5) is 19.4. The van der Waals surface area contributed by atoms with E-state index in [1.807, 2.05) is 0 Å². The zero-order chi connectivity index (χ0) is 19.6. The molecule has 3 rings (SSSR count). The predicted molar refractivity (Wildman–Crippen MR) is 87.9 cm³/mol. The quantitative estimate of drug-likeness (QED) is 0.694. The molecule has 0 aliphatic heterocycles. The van der Waals surface area contributed by atoms with Crippen LogP contribution < -0.4 is 9.46 Å². The standard InChI is InChI=1S/C15H11F2N5O4S/c1-27(24,25)21-14(23)10-5-12(17)13(6-11(10)16)26-15-18-7-9(8-19-15)22-4-2-3-20-22/h2-8H,1H3,(H,21,23). The number of carbonyl (C=O) groups is 1. The molecule has 140 valence electrons. The van der Waals surface area contributed by atoms with Crippen LogP contribution in [0, 0.1) is 11.6 Å². The van der Waals surface area contributed by atoms with Gasteiger partial charge >= 0.3 is 6.01 Å². The maximum atomic E-state index is 14.1. The molecule has 3 aromatic rings. The van der Waals surface area contributed by atoms with Gasteiger partial charge in [-0.1, -0.05) is 0 Å². The topological polar surface area (TPSA) is 116 Å². The highest BCUT2D eigenvalue weighted by Gasteiger charge is 2.20. The largest absolute Gasteiger partial charge is 0.421 e. The van der Waals surface area contributed by atoms with E-state index in [0.29, 0.717) is 24.1 Å². The highest BCUT2D eigenvalue weighted by Crippen LogP contribution is 2.25. The molecule has 0 aliphatic rings. The number of hydrogen-bond donors (Lipinski definition) is 1. The van der Waals surface area contributed by atoms with Gasteiger partial charge in [-0.05, 0) is 12.1 Å². The first kappa shape index (κ1) is 18.4. The molecule has 2 heterocycles. The molecule has 1 N–H and O–H groups in total. The van der Waals surface area contributed by atoms with Crippen LogP contribution in [0.1, 0.15) is 10.4 Å². The van der Waals surface area contributed by atoms with E-state index in [1.165, 1.54) is 17.1 Å². The normalized spacial score (nSPS) is 11.2. The second kappa shape index (κ2) is 7.07. The molecule has 0 saturated heterocycles. The Morgan fingerprint density at radius 1 is 1.19 bits per heavy atom. The summed E-state index contributed by atoms with van der Waals surface area (Å²) in [6.07, 6.45) is 6.65. The van der Waals surface area contributed by atoms with E-state index in [1.54, 1.807) is 23.2 Å². The monoisotopic (exact) mass is 395 g/mol. The number of nitrogens with zero attached hydrogens (tertiary/aromatic N) is 4. The van der Waals surface area contributed by atoms with Gasteiger partial charge in [0.2, 0.25) is 10.0 Å². The van der Waals surface area contributed by atoms with E-state index in [2.05, 4.69) is 15.1 Å². The molecule has 1 amide bonds. The number of carbonyl (C=O) groups excluding carboxylic acids is 1. The summed E-state index contributed by atoms with van der Waals surface area (Å²) in [6.45, 7) is 0. The molecule has 0 fully saturated rings. The van der Waals surface area contributed by atoms with Crippen molar-refractivity contribution in [3.63, 3.8) is 0 Å². The molecule has 1 aromatic carbocycles. The van der Waals surface area contributed by atoms with E-state index in [9.17, 15) is 22.0 Å². The van der Waals surface area contributed by atoms with Crippen molar-refractivity contribution in [1.82, 2.24) is 24.5 Å². The van der Waals surface area contributed by atoms with Gasteiger partial charge in [-0.15, -0.1) is 0 Å². The van der Waals surface area contributed by atoms with Crippen LogP contribution in [0.3, 0.4) is 0 Å². The minimum Gasteiger partial charge on any atom is -0.421 e. The number of halogens is 2. The number of aromatic nitrogens is 4. The summed E-state index contributed by atoms with van der Waals surface area (Å²) in [6, 6.07) is 2.54. The van der Waals surface area contributed by atoms with Crippen LogP contribution >= 0.6 is 0 Å². The summed E-state index contributed by atoms with van der Waals surface area (Å²) in [5.74, 6) is -4.16. The minimum atomic E-state index is -3.93. The van der Waals surface area contributed by atoms with Crippen LogP contribution in [0.5, 0.6) is 11.8 Å². The summed E-state index contributed by atoms with van der Waals surface area (Å²) in [7, 11) is -3.93. The molecule has 0 spiro atoms. The molecule has 0 atom stereocenters. The van der Waals surface area contributed by atoms with Crippen LogP contribution in [-0.2, 0) is 10.0 Å². The third kappa shape index (κ3) is 4.41. The molecule has 12 heteroatoms. The van der Waals surface area contributed by atoms with Gasteiger partial charge in [-0.25, -0.2) is 36.6 Å². The average molecular weight is 395 g/mol. The van der Waals surface area contributed by atoms with Crippen molar-refractivity contribution in [1.29, 1.82) is 0 Å². The summed E-state index contributed by atoms with van der Waals surface area (Å²) in [5, 5.41) is 3.98. The van der Waals surface area contributed by atoms with Crippen molar-refractivity contribution in [2.75, 3.05) is 6.26 Å². The SMILES string of the molecule is CS(=O)(=O)NC(=O)c1cc(F)c(Oc2ncc(-n3cccn3)cn2)cc1F. The molecule has 0 unspecified atom stereocenters. The van der Waals surface area contributed by atoms with Crippen LogP contribution in [0.4, 0.5) is 8.78 Å². The third-order valence-electron chi connectivity index (χ3n) is 3.13. The molecule has 0 radical (unpaired) electrons. The van der Waals surface area contributed by atoms with E-state index in [4.69, 9.17) is 4.74 Å². The van der Waals surface area contributed by atoms with Gasteiger partial charge in [-0.3, -0.25) is 4.79 Å². The smallest absolute Gasteiger partial charge is 0.322 e. The molecule has 0 bridgehead atoms. The van der Waals surface area contributed by atoms with Gasteiger partial charge in [0.1, 0.15) is 11.5 Å². The fourth-order valence-electron chi connectivity index (χ4n) is 2.00. The Labute approximate surface area is 151 Å². The van der Waals surface area contributed by atoms with Crippen molar-refractivity contribution in [2.45, 2.75) is 0 Å². The Hall–Kier alpha value is -3.41. The van der Waals surface area contributed by atoms with Gasteiger partial charge in [0.25, 0.3) is 5.91 Å². The molecule has 0 saturated carbocycles. The summed E-state index contributed by atoms with van der Waals surface area (Å²) < 4.78 is 58.4. The molecule has 0 aliphatic carbocycles. The maximum absolute atomic E-state index is 14.1. The second-order valence-corrected chi connectivity index (χ2v) is 6.99. The Bertz CT molecular complexity index is 1090. The highest BCUT2D eigenvalue weighted by molar-refractivity contribution is 7.89. The predicted octanol–water partition coefficient (Wildman–Crippen LogP) is 1.42. The van der Waals surface area contributed by atoms with Gasteiger partial charge in [0.05, 0.1) is 24.2 Å². The zero-order valence-electron chi connectivity index (χ0n) is 13.6. The summed E-state index contributed by atoms with van der Waals surface area (Å²) >= 11 is 0. The van der Waals surface area contributed by atoms with Crippen molar-refractivity contribution in [3.8, 4) is 17.4 Å². The molecular formula is C15H11F2N5O4S. The van der Waals surface area contributed by atoms with Gasteiger partial charge < -0.3 is 4.74 Å². The van der Waals surface area contributed by atoms with Gasteiger partial charge in [-0.2, -0.15) is 5.10 Å². The van der Waals surface area contributed by atoms with Crippen LogP contribution in [0.15, 0.2) is 43.0 Å². The molecule has 2 aromatic heterocycles. The van der Waals surface area contributed by atoms with Crippen molar-refractivity contribution < 1.29 is 26.7 Å². The Morgan fingerprint density at radius 2 is 1.89 bits per heavy atom. The molecular weight excluding hydrogens is 384 g/mol. The number of amides is 1. The van der Waals surface area contributed by atoms with E-state index < -0.39 is 38.9 Å². The van der Waals surface area contributed by atoms with Crippen LogP contribution in [-0.4, -0.2) is 40.3 Å². The lowest BCUT2D eigenvalue weighted by Crippen LogP contribution is -2.30. The van der Waals surface area contributed by atoms with Crippen molar-refractivity contribution in [3.05, 3.63) is 60.2 Å². The summed E-state index contributed by atoms with van der Waals surface area (Å²) in [5.41, 5.74) is -0.271. The fourth-order valence-corrected chi connectivity index (χ4v) is 2.45. The number of sulfonamides is 1. The van der Waals surface area contributed by atoms with Crippen molar-refractivity contribution in [2.24, 2.45) is 0 Å². The van der Waals surface area contributed by atoms with E-state index in [-0.39, 0.29) is 6.01 Å². The van der Waals surface area contributed by atoms with E-state index in [0.717, 1.165) is 0 Å². The Kier molecular flexibility index (Phi) is 4.81. The fraction of sp³-hybridized carbons (Fsp3) is 0.0667. The first-order valence-corrected chi connectivity index (χ1v) is 9.13. The number of rotatable bonds is 5. The lowest BCUT2D eigenvalue weighted by molar-refractivity contribution is 0.0977. The van der Waals surface area contributed by atoms with Gasteiger partial charge in [0.15, 0.2) is 11.6 Å².